The summed E-state index contributed by atoms with van der Waals surface area (Å²) in [5, 5.41) is 3.11. The predicted octanol–water partition coefficient (Wildman–Crippen LogP) is 8.64. The average Bonchev–Trinajstić information content (AvgIpc) is 3.63. The van der Waals surface area contributed by atoms with Gasteiger partial charge in [-0.15, -0.1) is 0 Å². The Kier molecular flexibility index (Phi) is 11.3. The van der Waals surface area contributed by atoms with Crippen LogP contribution in [0.2, 0.25) is 0 Å². The van der Waals surface area contributed by atoms with E-state index in [4.69, 9.17) is 5.73 Å². The fourth-order valence-corrected chi connectivity index (χ4v) is 7.78. The maximum Gasteiger partial charge on any atom is 0.416 e. The number of alkyl halides is 3. The molecule has 3 N–H and O–H groups in total. The standard InChI is InChI=1S/C42H45F3N4O3/c1-2-11-34(39(46)50)35(25-28-12-6-7-13-28)40(51)47-36-27-48(33-16-4-3-5-17-33)37-18-8-9-19-38(37)49(41(36)52)26-29-14-10-15-31(24-29)30-20-22-32(23-21-30)42(43,44)45/h3-5,8-10,14-24,28,34-36H,2,6-7,11-13,25-27H2,1H3,(H2,46,50)(H,47,51)/t34-,35+,36?/m0/s1. The molecule has 1 aliphatic heterocycles. The number of amides is 3. The van der Waals surface area contributed by atoms with Crippen molar-refractivity contribution in [3.05, 3.63) is 114 Å². The van der Waals surface area contributed by atoms with E-state index >= 15 is 0 Å². The van der Waals surface area contributed by atoms with Crippen molar-refractivity contribution in [1.82, 2.24) is 5.32 Å². The van der Waals surface area contributed by atoms with Gasteiger partial charge in [0.15, 0.2) is 0 Å². The van der Waals surface area contributed by atoms with Crippen molar-refractivity contribution in [1.29, 1.82) is 0 Å². The maximum absolute atomic E-state index is 14.8. The lowest BCUT2D eigenvalue weighted by Crippen LogP contribution is -2.54. The number of para-hydroxylation sites is 3. The van der Waals surface area contributed by atoms with Crippen LogP contribution in [-0.2, 0) is 27.1 Å². The van der Waals surface area contributed by atoms with Crippen LogP contribution in [0.5, 0.6) is 0 Å². The molecule has 0 saturated heterocycles. The van der Waals surface area contributed by atoms with Crippen LogP contribution in [0.1, 0.15) is 63.0 Å². The van der Waals surface area contributed by atoms with Gasteiger partial charge < -0.3 is 20.9 Å². The zero-order valence-electron chi connectivity index (χ0n) is 29.3. The Balaban J connectivity index is 1.36. The normalized spacial score (nSPS) is 17.7. The van der Waals surface area contributed by atoms with E-state index in [9.17, 15) is 27.6 Å². The lowest BCUT2D eigenvalue weighted by Gasteiger charge is -2.30. The van der Waals surface area contributed by atoms with Gasteiger partial charge in [0, 0.05) is 17.5 Å². The van der Waals surface area contributed by atoms with Crippen molar-refractivity contribution in [3.63, 3.8) is 0 Å². The number of carbonyl (C=O) groups is 3. The van der Waals surface area contributed by atoms with Crippen LogP contribution >= 0.6 is 0 Å². The molecule has 1 heterocycles. The van der Waals surface area contributed by atoms with Gasteiger partial charge in [-0.2, -0.15) is 13.2 Å². The first kappa shape index (κ1) is 36.7. The van der Waals surface area contributed by atoms with Crippen LogP contribution in [0.15, 0.2) is 103 Å². The van der Waals surface area contributed by atoms with E-state index in [-0.39, 0.29) is 24.9 Å². The van der Waals surface area contributed by atoms with Gasteiger partial charge in [0.05, 0.1) is 30.0 Å². The summed E-state index contributed by atoms with van der Waals surface area (Å²) in [5.41, 5.74) is 9.54. The Morgan fingerprint density at radius 2 is 1.52 bits per heavy atom. The smallest absolute Gasteiger partial charge is 0.369 e. The van der Waals surface area contributed by atoms with Crippen molar-refractivity contribution in [2.75, 3.05) is 16.3 Å². The highest BCUT2D eigenvalue weighted by atomic mass is 19.4. The van der Waals surface area contributed by atoms with E-state index in [1.807, 2.05) is 90.7 Å². The third-order valence-corrected chi connectivity index (χ3v) is 10.4. The second-order valence-corrected chi connectivity index (χ2v) is 14.0. The molecule has 272 valence electrons. The summed E-state index contributed by atoms with van der Waals surface area (Å²) >= 11 is 0. The summed E-state index contributed by atoms with van der Waals surface area (Å²) in [7, 11) is 0. The third kappa shape index (κ3) is 8.33. The number of hydrogen-bond acceptors (Lipinski definition) is 4. The molecular weight excluding hydrogens is 665 g/mol. The second-order valence-electron chi connectivity index (χ2n) is 14.0. The van der Waals surface area contributed by atoms with E-state index in [1.165, 1.54) is 12.1 Å². The number of primary amides is 1. The number of fused-ring (bicyclic) bond motifs is 1. The molecule has 1 saturated carbocycles. The van der Waals surface area contributed by atoms with E-state index in [1.54, 1.807) is 4.90 Å². The average molecular weight is 711 g/mol. The van der Waals surface area contributed by atoms with Gasteiger partial charge in [-0.1, -0.05) is 99.7 Å². The van der Waals surface area contributed by atoms with Gasteiger partial charge in [0.25, 0.3) is 5.91 Å². The first-order valence-electron chi connectivity index (χ1n) is 18.1. The van der Waals surface area contributed by atoms with Crippen LogP contribution in [0.3, 0.4) is 0 Å². The molecule has 2 aliphatic rings. The number of halogens is 3. The minimum atomic E-state index is -4.44. The molecule has 0 aromatic heterocycles. The summed E-state index contributed by atoms with van der Waals surface area (Å²) in [5.74, 6) is -2.13. The highest BCUT2D eigenvalue weighted by Gasteiger charge is 2.40. The highest BCUT2D eigenvalue weighted by Crippen LogP contribution is 2.39. The fourth-order valence-electron chi connectivity index (χ4n) is 7.78. The molecule has 0 bridgehead atoms. The lowest BCUT2D eigenvalue weighted by molar-refractivity contribution is -0.137. The quantitative estimate of drug-likeness (QED) is 0.154. The van der Waals surface area contributed by atoms with Gasteiger partial charge in [-0.3, -0.25) is 14.4 Å². The zero-order chi connectivity index (χ0) is 36.8. The summed E-state index contributed by atoms with van der Waals surface area (Å²) in [6, 6.07) is 28.7. The van der Waals surface area contributed by atoms with Gasteiger partial charge in [0.2, 0.25) is 11.8 Å². The summed E-state index contributed by atoms with van der Waals surface area (Å²) in [6.45, 7) is 2.26. The van der Waals surface area contributed by atoms with Gasteiger partial charge in [-0.25, -0.2) is 0 Å². The second kappa shape index (κ2) is 16.0. The number of benzene rings is 4. The Hall–Kier alpha value is -5.12. The van der Waals surface area contributed by atoms with Crippen LogP contribution in [0.4, 0.5) is 30.2 Å². The van der Waals surface area contributed by atoms with Gasteiger partial charge in [0.1, 0.15) is 6.04 Å². The van der Waals surface area contributed by atoms with E-state index in [0.29, 0.717) is 42.0 Å². The van der Waals surface area contributed by atoms with E-state index in [0.717, 1.165) is 54.8 Å². The van der Waals surface area contributed by atoms with Crippen LogP contribution in [0, 0.1) is 17.8 Å². The SMILES string of the molecule is CCC[C@H](C(N)=O)[C@@H](CC1CCCC1)C(=O)NC1CN(c2ccccc2)c2ccccc2N(Cc2cccc(-c3ccc(C(F)(F)F)cc3)c2)C1=O. The van der Waals surface area contributed by atoms with Gasteiger partial charge >= 0.3 is 6.18 Å². The number of rotatable bonds is 12. The number of hydrogen-bond donors (Lipinski definition) is 2. The van der Waals surface area contributed by atoms with Crippen LogP contribution < -0.4 is 20.9 Å². The molecule has 10 heteroatoms. The summed E-state index contributed by atoms with van der Waals surface area (Å²) < 4.78 is 39.7. The molecule has 1 fully saturated rings. The van der Waals surface area contributed by atoms with Gasteiger partial charge in [-0.05, 0) is 77.9 Å². The Morgan fingerprint density at radius 3 is 2.17 bits per heavy atom. The molecule has 7 nitrogen and oxygen atoms in total. The predicted molar refractivity (Wildman–Crippen MR) is 198 cm³/mol. The molecule has 0 spiro atoms. The van der Waals surface area contributed by atoms with Crippen molar-refractivity contribution in [3.8, 4) is 11.1 Å². The van der Waals surface area contributed by atoms with Crippen molar-refractivity contribution in [2.24, 2.45) is 23.5 Å². The minimum absolute atomic E-state index is 0.143. The molecule has 1 aliphatic carbocycles. The molecule has 3 atom stereocenters. The Bertz CT molecular complexity index is 1860. The summed E-state index contributed by atoms with van der Waals surface area (Å²) in [6.07, 6.45) is 1.48. The monoisotopic (exact) mass is 710 g/mol. The number of nitrogens with zero attached hydrogens (tertiary/aromatic N) is 2. The Labute approximate surface area is 303 Å². The van der Waals surface area contributed by atoms with Crippen molar-refractivity contribution >= 4 is 34.8 Å². The fraction of sp³-hybridized carbons (Fsp3) is 0.357. The molecular formula is C42H45F3N4O3. The molecule has 1 unspecified atom stereocenters. The molecule has 4 aromatic rings. The maximum atomic E-state index is 14.8. The number of carbonyl (C=O) groups excluding carboxylic acids is 3. The van der Waals surface area contributed by atoms with Crippen LogP contribution in [-0.4, -0.2) is 30.3 Å². The summed E-state index contributed by atoms with van der Waals surface area (Å²) in [4.78, 5) is 45.6. The van der Waals surface area contributed by atoms with Crippen LogP contribution in [0.25, 0.3) is 11.1 Å². The largest absolute Gasteiger partial charge is 0.416 e. The minimum Gasteiger partial charge on any atom is -0.369 e. The highest BCUT2D eigenvalue weighted by molar-refractivity contribution is 6.04. The molecule has 6 rings (SSSR count). The Morgan fingerprint density at radius 1 is 0.846 bits per heavy atom. The zero-order valence-corrected chi connectivity index (χ0v) is 29.3. The van der Waals surface area contributed by atoms with E-state index < -0.39 is 35.5 Å². The molecule has 4 aromatic carbocycles. The topological polar surface area (TPSA) is 95.7 Å². The molecule has 0 radical (unpaired) electrons. The molecule has 52 heavy (non-hydrogen) atoms. The number of nitrogens with two attached hydrogens (primary N) is 1. The number of nitrogens with one attached hydrogen (secondary N) is 1. The van der Waals surface area contributed by atoms with Crippen molar-refractivity contribution < 1.29 is 27.6 Å². The first-order valence-corrected chi connectivity index (χ1v) is 18.1. The number of anilines is 3. The van der Waals surface area contributed by atoms with Crippen molar-refractivity contribution in [2.45, 2.75) is 70.6 Å². The first-order chi connectivity index (χ1) is 25.0. The van der Waals surface area contributed by atoms with E-state index in [2.05, 4.69) is 5.32 Å². The molecule has 3 amide bonds. The third-order valence-electron chi connectivity index (χ3n) is 10.4. The lowest BCUT2D eigenvalue weighted by atomic mass is 9.80.